The molecule has 0 fully saturated rings. The number of anilines is 2. The molecule has 1 aromatic carbocycles. The minimum absolute atomic E-state index is 0.0318. The van der Waals surface area contributed by atoms with Crippen molar-refractivity contribution >= 4 is 25.8 Å². The van der Waals surface area contributed by atoms with Gasteiger partial charge in [0.25, 0.3) is 8.32 Å². The highest BCUT2D eigenvalue weighted by atomic mass is 28.4. The molecule has 8 heteroatoms. The smallest absolute Gasteiger partial charge is 0.416 e. The van der Waals surface area contributed by atoms with Gasteiger partial charge < -0.3 is 9.74 Å². The van der Waals surface area contributed by atoms with E-state index in [4.69, 9.17) is 4.43 Å². The maximum atomic E-state index is 13.2. The molecular formula is C20H25F3N2O2Si. The molecule has 2 aromatic rings. The molecule has 1 aromatic heterocycles. The number of hydrogen-bond donors (Lipinski definition) is 1. The molecule has 0 unspecified atom stereocenters. The normalized spacial score (nSPS) is 12.6. The van der Waals surface area contributed by atoms with Crippen LogP contribution < -0.4 is 5.32 Å². The predicted molar refractivity (Wildman–Crippen MR) is 106 cm³/mol. The Morgan fingerprint density at radius 2 is 1.75 bits per heavy atom. The molecular weight excluding hydrogens is 385 g/mol. The molecule has 0 amide bonds. The second-order valence-corrected chi connectivity index (χ2v) is 12.9. The molecule has 0 radical (unpaired) electrons. The lowest BCUT2D eigenvalue weighted by molar-refractivity contribution is -0.138. The van der Waals surface area contributed by atoms with Gasteiger partial charge in [0, 0.05) is 11.9 Å². The topological polar surface area (TPSA) is 51.2 Å². The Morgan fingerprint density at radius 1 is 1.11 bits per heavy atom. The van der Waals surface area contributed by atoms with Crippen molar-refractivity contribution in [3.8, 4) is 0 Å². The third-order valence-corrected chi connectivity index (χ3v) is 9.38. The van der Waals surface area contributed by atoms with E-state index in [2.05, 4.69) is 10.3 Å². The first-order chi connectivity index (χ1) is 12.7. The number of aromatic nitrogens is 1. The summed E-state index contributed by atoms with van der Waals surface area (Å²) in [7, 11) is -2.36. The van der Waals surface area contributed by atoms with Crippen LogP contribution in [0.4, 0.5) is 24.7 Å². The Labute approximate surface area is 164 Å². The maximum Gasteiger partial charge on any atom is 0.416 e. The van der Waals surface area contributed by atoms with E-state index in [-0.39, 0.29) is 27.7 Å². The first kappa shape index (κ1) is 21.9. The summed E-state index contributed by atoms with van der Waals surface area (Å²) >= 11 is 0. The van der Waals surface area contributed by atoms with E-state index >= 15 is 0 Å². The summed E-state index contributed by atoms with van der Waals surface area (Å²) in [5.74, 6) is -0.375. The number of benzene rings is 1. The molecule has 1 heterocycles. The second-order valence-electron chi connectivity index (χ2n) is 8.15. The molecule has 0 aliphatic carbocycles. The highest BCUT2D eigenvalue weighted by Crippen LogP contribution is 2.38. The lowest BCUT2D eigenvalue weighted by Crippen LogP contribution is -2.42. The summed E-state index contributed by atoms with van der Waals surface area (Å²) < 4.78 is 45.3. The van der Waals surface area contributed by atoms with Gasteiger partial charge in [0.05, 0.1) is 5.56 Å². The van der Waals surface area contributed by atoms with Crippen LogP contribution >= 0.6 is 0 Å². The van der Waals surface area contributed by atoms with E-state index in [1.54, 1.807) is 12.1 Å². The van der Waals surface area contributed by atoms with Gasteiger partial charge in [-0.05, 0) is 54.9 Å². The van der Waals surface area contributed by atoms with Crippen LogP contribution in [-0.4, -0.2) is 19.3 Å². The number of alkyl halides is 3. The molecule has 4 nitrogen and oxygen atoms in total. The van der Waals surface area contributed by atoms with Crippen LogP contribution in [0.15, 0.2) is 36.5 Å². The van der Waals surface area contributed by atoms with E-state index in [0.29, 0.717) is 0 Å². The number of rotatable bonds is 4. The zero-order chi connectivity index (χ0) is 21.3. The Morgan fingerprint density at radius 3 is 2.32 bits per heavy atom. The summed E-state index contributed by atoms with van der Waals surface area (Å²) in [6, 6.07) is 6.99. The third-order valence-electron chi connectivity index (χ3n) is 5.07. The number of nitrogens with zero attached hydrogens (tertiary/aromatic N) is 1. The lowest BCUT2D eigenvalue weighted by Gasteiger charge is -2.35. The zero-order valence-electron chi connectivity index (χ0n) is 16.9. The Hall–Kier alpha value is -2.35. The molecule has 2 rings (SSSR count). The minimum atomic E-state index is -4.46. The molecule has 152 valence electrons. The highest BCUT2D eigenvalue weighted by Gasteiger charge is 2.41. The molecule has 0 saturated carbocycles. The third kappa shape index (κ3) is 4.73. The maximum absolute atomic E-state index is 13.2. The van der Waals surface area contributed by atoms with Gasteiger partial charge in [-0.3, -0.25) is 0 Å². The Bertz CT molecular complexity index is 874. The fourth-order valence-corrected chi connectivity index (χ4v) is 3.19. The molecule has 0 aliphatic heterocycles. The van der Waals surface area contributed by atoms with Gasteiger partial charge in [-0.25, -0.2) is 9.78 Å². The van der Waals surface area contributed by atoms with Gasteiger partial charge in [0.15, 0.2) is 0 Å². The fourth-order valence-electron chi connectivity index (χ4n) is 2.32. The summed E-state index contributed by atoms with van der Waals surface area (Å²) in [5, 5.41) is 2.69. The quantitative estimate of drug-likeness (QED) is 0.600. The van der Waals surface area contributed by atoms with Gasteiger partial charge in [-0.2, -0.15) is 13.2 Å². The second kappa shape index (κ2) is 7.58. The lowest BCUT2D eigenvalue weighted by atomic mass is 10.1. The van der Waals surface area contributed by atoms with Gasteiger partial charge in [-0.15, -0.1) is 0 Å². The number of nitrogens with one attached hydrogen (secondary N) is 1. The van der Waals surface area contributed by atoms with Crippen LogP contribution in [0.3, 0.4) is 0 Å². The number of hydrogen-bond acceptors (Lipinski definition) is 4. The van der Waals surface area contributed by atoms with Crippen molar-refractivity contribution in [2.45, 2.75) is 52.0 Å². The predicted octanol–water partition coefficient (Wildman–Crippen LogP) is 6.31. The van der Waals surface area contributed by atoms with E-state index < -0.39 is 26.0 Å². The van der Waals surface area contributed by atoms with Crippen LogP contribution in [0.5, 0.6) is 0 Å². The Balaban J connectivity index is 2.37. The van der Waals surface area contributed by atoms with Crippen LogP contribution in [0.25, 0.3) is 0 Å². The number of halogens is 3. The van der Waals surface area contributed by atoms with Crippen molar-refractivity contribution in [2.24, 2.45) is 0 Å². The Kier molecular flexibility index (Phi) is 5.94. The van der Waals surface area contributed by atoms with Crippen LogP contribution in [0.1, 0.15) is 42.3 Å². The molecule has 0 spiro atoms. The van der Waals surface area contributed by atoms with Crippen molar-refractivity contribution in [1.82, 2.24) is 4.98 Å². The van der Waals surface area contributed by atoms with Gasteiger partial charge >= 0.3 is 12.1 Å². The first-order valence-electron chi connectivity index (χ1n) is 8.86. The molecule has 0 saturated heterocycles. The van der Waals surface area contributed by atoms with Crippen molar-refractivity contribution in [2.75, 3.05) is 5.32 Å². The average Bonchev–Trinajstić information content (AvgIpc) is 2.54. The van der Waals surface area contributed by atoms with E-state index in [1.807, 2.05) is 33.9 Å². The van der Waals surface area contributed by atoms with Crippen LogP contribution in [-0.2, 0) is 10.6 Å². The van der Waals surface area contributed by atoms with Crippen molar-refractivity contribution in [1.29, 1.82) is 0 Å². The van der Waals surface area contributed by atoms with E-state index in [1.165, 1.54) is 25.3 Å². The molecule has 28 heavy (non-hydrogen) atoms. The van der Waals surface area contributed by atoms with Crippen molar-refractivity contribution in [3.63, 3.8) is 0 Å². The highest BCUT2D eigenvalue weighted by molar-refractivity contribution is 6.75. The van der Waals surface area contributed by atoms with Crippen LogP contribution in [0.2, 0.25) is 18.1 Å². The van der Waals surface area contributed by atoms with Gasteiger partial charge in [0.2, 0.25) is 0 Å². The van der Waals surface area contributed by atoms with Crippen molar-refractivity contribution in [3.05, 3.63) is 53.2 Å². The summed E-state index contributed by atoms with van der Waals surface area (Å²) in [5.41, 5.74) is -0.290. The number of carbonyl (C=O) groups is 1. The molecule has 0 bridgehead atoms. The zero-order valence-corrected chi connectivity index (χ0v) is 17.9. The fraction of sp³-hybridized carbons (Fsp3) is 0.400. The largest absolute Gasteiger partial charge is 0.516 e. The minimum Gasteiger partial charge on any atom is -0.516 e. The number of pyridine rings is 1. The number of carbonyl (C=O) groups excluding carboxylic acids is 1. The SMILES string of the molecule is Cc1c(Nc2ncccc2C(=O)O[Si](C)(C)C(C)(C)C)cccc1C(F)(F)F. The molecule has 1 N–H and O–H groups in total. The van der Waals surface area contributed by atoms with Crippen LogP contribution in [0, 0.1) is 6.92 Å². The molecule has 0 atom stereocenters. The van der Waals surface area contributed by atoms with Crippen molar-refractivity contribution < 1.29 is 22.4 Å². The monoisotopic (exact) mass is 410 g/mol. The summed E-state index contributed by atoms with van der Waals surface area (Å²) in [6.45, 7) is 11.3. The standard InChI is InChI=1S/C20H25F3N2O2Si/c1-13-15(20(21,22)23)10-7-11-16(13)25-17-14(9-8-12-24-17)18(26)27-28(5,6)19(2,3)4/h7-12H,1-6H3,(H,24,25). The van der Waals surface area contributed by atoms with Gasteiger partial charge in [0.1, 0.15) is 11.4 Å². The van der Waals surface area contributed by atoms with E-state index in [0.717, 1.165) is 6.07 Å². The average molecular weight is 411 g/mol. The summed E-state index contributed by atoms with van der Waals surface area (Å²) in [4.78, 5) is 16.9. The van der Waals surface area contributed by atoms with Gasteiger partial charge in [-0.1, -0.05) is 26.8 Å². The molecule has 0 aliphatic rings. The van der Waals surface area contributed by atoms with E-state index in [9.17, 15) is 18.0 Å². The summed E-state index contributed by atoms with van der Waals surface area (Å²) in [6.07, 6.45) is -3.00. The first-order valence-corrected chi connectivity index (χ1v) is 11.8.